The number of carbonyl (C=O) groups is 1. The van der Waals surface area contributed by atoms with Gasteiger partial charge in [0.05, 0.1) is 17.8 Å². The number of allylic oxidation sites excluding steroid dienone is 2. The van der Waals surface area contributed by atoms with Crippen LogP contribution in [-0.4, -0.2) is 20.4 Å². The summed E-state index contributed by atoms with van der Waals surface area (Å²) in [6.45, 7) is 12.6. The molecule has 2 N–H and O–H groups in total. The first-order chi connectivity index (χ1) is 15.2. The van der Waals surface area contributed by atoms with Gasteiger partial charge in [-0.15, -0.1) is 0 Å². The van der Waals surface area contributed by atoms with Crippen LogP contribution in [0.4, 0.5) is 0 Å². The van der Waals surface area contributed by atoms with Gasteiger partial charge in [-0.25, -0.2) is 4.98 Å². The Labute approximate surface area is 190 Å². The molecule has 1 amide bonds. The van der Waals surface area contributed by atoms with Crippen molar-refractivity contribution in [3.8, 4) is 0 Å². The number of imidazole rings is 1. The lowest BCUT2D eigenvalue weighted by atomic mass is 10.0. The van der Waals surface area contributed by atoms with Crippen molar-refractivity contribution < 1.29 is 4.79 Å². The van der Waals surface area contributed by atoms with E-state index in [1.807, 2.05) is 42.1 Å². The summed E-state index contributed by atoms with van der Waals surface area (Å²) in [5.74, 6) is 1.37. The Balaban J connectivity index is 1.44. The molecule has 0 aliphatic heterocycles. The van der Waals surface area contributed by atoms with Crippen molar-refractivity contribution in [1.29, 1.82) is 0 Å². The van der Waals surface area contributed by atoms with Crippen molar-refractivity contribution in [3.05, 3.63) is 89.3 Å². The maximum Gasteiger partial charge on any atom is 0.253 e. The topological polar surface area (TPSA) is 62.7 Å². The first-order valence-electron chi connectivity index (χ1n) is 11.2. The number of rotatable bonds is 7. The van der Waals surface area contributed by atoms with Gasteiger partial charge in [-0.05, 0) is 75.3 Å². The number of amides is 1. The minimum Gasteiger partial charge on any atom is -0.348 e. The van der Waals surface area contributed by atoms with Gasteiger partial charge in [0.1, 0.15) is 5.82 Å². The van der Waals surface area contributed by atoms with Gasteiger partial charge < -0.3 is 14.9 Å². The van der Waals surface area contributed by atoms with E-state index in [0.717, 1.165) is 34.3 Å². The first-order valence-corrected chi connectivity index (χ1v) is 11.2. The van der Waals surface area contributed by atoms with Gasteiger partial charge in [-0.2, -0.15) is 0 Å². The summed E-state index contributed by atoms with van der Waals surface area (Å²) in [6.07, 6.45) is 10.3. The van der Waals surface area contributed by atoms with Crippen molar-refractivity contribution in [2.24, 2.45) is 0 Å². The molecule has 5 heteroatoms. The molecule has 5 nitrogen and oxygen atoms in total. The summed E-state index contributed by atoms with van der Waals surface area (Å²) in [5.41, 5.74) is 5.98. The van der Waals surface area contributed by atoms with Crippen molar-refractivity contribution >= 4 is 17.6 Å². The number of nitrogens with one attached hydrogen (secondary N) is 2. The van der Waals surface area contributed by atoms with Gasteiger partial charge in [0.25, 0.3) is 5.91 Å². The van der Waals surface area contributed by atoms with Crippen LogP contribution in [0.5, 0.6) is 0 Å². The zero-order chi connectivity index (χ0) is 22.9. The van der Waals surface area contributed by atoms with Crippen molar-refractivity contribution in [2.75, 3.05) is 0 Å². The highest BCUT2D eigenvalue weighted by Gasteiger charge is 2.23. The highest BCUT2D eigenvalue weighted by molar-refractivity contribution is 5.94. The molecule has 2 heterocycles. The molecule has 4 rings (SSSR count). The number of benzene rings is 1. The number of carbonyl (C=O) groups excluding carboxylic acids is 1. The average Bonchev–Trinajstić information content (AvgIpc) is 3.37. The minimum absolute atomic E-state index is 0.0566. The van der Waals surface area contributed by atoms with Crippen molar-refractivity contribution in [2.45, 2.75) is 58.5 Å². The minimum atomic E-state index is -0.110. The molecule has 32 heavy (non-hydrogen) atoms. The maximum absolute atomic E-state index is 12.5. The van der Waals surface area contributed by atoms with E-state index in [0.29, 0.717) is 12.1 Å². The lowest BCUT2D eigenvalue weighted by Crippen LogP contribution is -2.24. The van der Waals surface area contributed by atoms with E-state index in [2.05, 4.69) is 66.9 Å². The molecule has 0 bridgehead atoms. The van der Waals surface area contributed by atoms with Crippen LogP contribution in [0.2, 0.25) is 0 Å². The van der Waals surface area contributed by atoms with Crippen LogP contribution in [0.15, 0.2) is 55.4 Å². The van der Waals surface area contributed by atoms with Crippen LogP contribution < -0.4 is 5.32 Å². The molecular formula is C27H32N4O. The van der Waals surface area contributed by atoms with E-state index in [-0.39, 0.29) is 11.4 Å². The fraction of sp³-hybridized carbons (Fsp3) is 0.333. The van der Waals surface area contributed by atoms with Crippen LogP contribution >= 0.6 is 0 Å². The SMILES string of the molecule is C=C/C(=C\c1nc(CNC(=O)c2ccn(C(C)(C)C)c2)[nH]c1C)c1ccc(C2CC2)cc1. The van der Waals surface area contributed by atoms with E-state index in [4.69, 9.17) is 0 Å². The van der Waals surface area contributed by atoms with Gasteiger partial charge in [0.2, 0.25) is 0 Å². The molecule has 1 aliphatic carbocycles. The Hall–Kier alpha value is -3.34. The quantitative estimate of drug-likeness (QED) is 0.467. The Morgan fingerprint density at radius 3 is 2.53 bits per heavy atom. The molecule has 0 unspecified atom stereocenters. The predicted octanol–water partition coefficient (Wildman–Crippen LogP) is 5.81. The molecular weight excluding hydrogens is 396 g/mol. The number of H-pyrrole nitrogens is 1. The average molecular weight is 429 g/mol. The number of aryl methyl sites for hydroxylation is 1. The third-order valence-corrected chi connectivity index (χ3v) is 5.92. The fourth-order valence-electron chi connectivity index (χ4n) is 3.75. The zero-order valence-corrected chi connectivity index (χ0v) is 19.4. The summed E-state index contributed by atoms with van der Waals surface area (Å²) in [5, 5.41) is 2.96. The monoisotopic (exact) mass is 428 g/mol. The van der Waals surface area contributed by atoms with E-state index in [1.165, 1.54) is 18.4 Å². The second kappa shape index (κ2) is 8.65. The molecule has 1 aromatic carbocycles. The van der Waals surface area contributed by atoms with Gasteiger partial charge in [0.15, 0.2) is 0 Å². The Morgan fingerprint density at radius 1 is 1.22 bits per heavy atom. The highest BCUT2D eigenvalue weighted by atomic mass is 16.1. The molecule has 0 radical (unpaired) electrons. The Morgan fingerprint density at radius 2 is 1.94 bits per heavy atom. The molecule has 1 saturated carbocycles. The van der Waals surface area contributed by atoms with Gasteiger partial charge in [-0.3, -0.25) is 4.79 Å². The van der Waals surface area contributed by atoms with Gasteiger partial charge in [0, 0.05) is 23.6 Å². The smallest absolute Gasteiger partial charge is 0.253 e. The predicted molar refractivity (Wildman–Crippen MR) is 130 cm³/mol. The van der Waals surface area contributed by atoms with E-state index in [9.17, 15) is 4.79 Å². The van der Waals surface area contributed by atoms with Crippen LogP contribution in [0.3, 0.4) is 0 Å². The van der Waals surface area contributed by atoms with Crippen LogP contribution in [0.25, 0.3) is 11.6 Å². The molecule has 1 fully saturated rings. The second-order valence-electron chi connectivity index (χ2n) is 9.55. The van der Waals surface area contributed by atoms with E-state index in [1.54, 1.807) is 0 Å². The summed E-state index contributed by atoms with van der Waals surface area (Å²) >= 11 is 0. The first kappa shape index (κ1) is 21.9. The molecule has 0 spiro atoms. The van der Waals surface area contributed by atoms with E-state index >= 15 is 0 Å². The fourth-order valence-corrected chi connectivity index (χ4v) is 3.75. The molecule has 3 aromatic rings. The summed E-state index contributed by atoms with van der Waals surface area (Å²) < 4.78 is 2.04. The van der Waals surface area contributed by atoms with Crippen LogP contribution in [-0.2, 0) is 12.1 Å². The third-order valence-electron chi connectivity index (χ3n) is 5.92. The summed E-state index contributed by atoms with van der Waals surface area (Å²) in [6, 6.07) is 10.6. The van der Waals surface area contributed by atoms with Gasteiger partial charge >= 0.3 is 0 Å². The second-order valence-corrected chi connectivity index (χ2v) is 9.55. The standard InChI is InChI=1S/C27H32N4O/c1-6-19(20-7-9-21(10-8-20)22-11-12-22)15-24-18(2)29-25(30-24)16-28-26(32)23-13-14-31(17-23)27(3,4)5/h6-10,13-15,17,22H,1,11-12,16H2,2-5H3,(H,28,32)(H,29,30)/b19-15+. The highest BCUT2D eigenvalue weighted by Crippen LogP contribution is 2.40. The molecule has 2 aromatic heterocycles. The van der Waals surface area contributed by atoms with Crippen molar-refractivity contribution in [1.82, 2.24) is 19.9 Å². The molecule has 1 aliphatic rings. The Bertz CT molecular complexity index is 1150. The largest absolute Gasteiger partial charge is 0.348 e. The summed E-state index contributed by atoms with van der Waals surface area (Å²) in [4.78, 5) is 20.5. The summed E-state index contributed by atoms with van der Waals surface area (Å²) in [7, 11) is 0. The number of hydrogen-bond donors (Lipinski definition) is 2. The molecule has 0 saturated heterocycles. The number of nitrogens with zero attached hydrogens (tertiary/aromatic N) is 2. The van der Waals surface area contributed by atoms with E-state index < -0.39 is 0 Å². The number of hydrogen-bond acceptors (Lipinski definition) is 2. The maximum atomic E-state index is 12.5. The normalized spacial score (nSPS) is 14.4. The zero-order valence-electron chi connectivity index (χ0n) is 19.4. The third kappa shape index (κ3) is 4.93. The van der Waals surface area contributed by atoms with Gasteiger partial charge in [-0.1, -0.05) is 36.9 Å². The number of aromatic amines is 1. The van der Waals surface area contributed by atoms with Crippen LogP contribution in [0.1, 0.15) is 78.2 Å². The van der Waals surface area contributed by atoms with Crippen molar-refractivity contribution in [3.63, 3.8) is 0 Å². The number of aromatic nitrogens is 3. The lowest BCUT2D eigenvalue weighted by molar-refractivity contribution is 0.0950. The Kier molecular flexibility index (Phi) is 5.92. The molecule has 166 valence electrons. The van der Waals surface area contributed by atoms with Crippen LogP contribution in [0, 0.1) is 6.92 Å². The molecule has 0 atom stereocenters. The lowest BCUT2D eigenvalue weighted by Gasteiger charge is -2.20.